The Kier molecular flexibility index (Phi) is 5.30. The third kappa shape index (κ3) is 3.65. The highest BCUT2D eigenvalue weighted by Crippen LogP contribution is 2.49. The third-order valence-electron chi connectivity index (χ3n) is 9.48. The molecule has 0 aromatic heterocycles. The van der Waals surface area contributed by atoms with Gasteiger partial charge < -0.3 is 0 Å². The zero-order chi connectivity index (χ0) is 26.9. The highest BCUT2D eigenvalue weighted by molar-refractivity contribution is 6.23. The number of rotatable bonds is 2. The average Bonchev–Trinajstić information content (AvgIpc) is 2.95. The summed E-state index contributed by atoms with van der Waals surface area (Å²) >= 11 is 0. The SMILES string of the molecule is Cc1ccc(-c2c3ccccc3c(-c3ccc4c(c3)C(C)(C)CCC4(C)C)c3ccccc23)c2ccccc12. The van der Waals surface area contributed by atoms with Crippen LogP contribution in [0.4, 0.5) is 0 Å². The molecule has 0 spiro atoms. The maximum absolute atomic E-state index is 2.52. The standard InChI is InChI=1S/C39H36/c1-25-18-20-33(28-13-7-6-12-27(25)28)37-31-16-10-8-14-29(31)36(30-15-9-11-17-32(30)37)26-19-21-34-35(24-26)39(4,5)23-22-38(34,2)3/h6-21,24H,22-23H2,1-5H3. The van der Waals surface area contributed by atoms with Crippen LogP contribution < -0.4 is 0 Å². The van der Waals surface area contributed by atoms with E-state index in [1.54, 1.807) is 0 Å². The van der Waals surface area contributed by atoms with E-state index in [-0.39, 0.29) is 10.8 Å². The van der Waals surface area contributed by atoms with Gasteiger partial charge in [0, 0.05) is 0 Å². The van der Waals surface area contributed by atoms with Gasteiger partial charge in [-0.1, -0.05) is 131 Å². The first kappa shape index (κ1) is 24.2. The van der Waals surface area contributed by atoms with E-state index in [2.05, 4.69) is 138 Å². The molecule has 0 saturated carbocycles. The lowest BCUT2D eigenvalue weighted by Gasteiger charge is -2.42. The summed E-state index contributed by atoms with van der Waals surface area (Å²) < 4.78 is 0. The lowest BCUT2D eigenvalue weighted by Crippen LogP contribution is -2.33. The van der Waals surface area contributed by atoms with Crippen LogP contribution in [0.5, 0.6) is 0 Å². The van der Waals surface area contributed by atoms with Gasteiger partial charge in [-0.3, -0.25) is 0 Å². The summed E-state index contributed by atoms with van der Waals surface area (Å²) in [5.74, 6) is 0. The Bertz CT molecular complexity index is 1860. The summed E-state index contributed by atoms with van der Waals surface area (Å²) in [5.41, 5.74) is 10.0. The van der Waals surface area contributed by atoms with Crippen LogP contribution in [0.15, 0.2) is 103 Å². The number of benzene rings is 6. The lowest BCUT2D eigenvalue weighted by atomic mass is 9.63. The Morgan fingerprint density at radius 3 is 1.54 bits per heavy atom. The zero-order valence-corrected chi connectivity index (χ0v) is 23.7. The molecule has 0 heteroatoms. The van der Waals surface area contributed by atoms with Crippen LogP contribution in [0, 0.1) is 6.92 Å². The second-order valence-electron chi connectivity index (χ2n) is 12.8. The Morgan fingerprint density at radius 1 is 0.462 bits per heavy atom. The fraction of sp³-hybridized carbons (Fsp3) is 0.231. The van der Waals surface area contributed by atoms with E-state index in [0.29, 0.717) is 0 Å². The van der Waals surface area contributed by atoms with Crippen LogP contribution in [-0.2, 0) is 10.8 Å². The lowest BCUT2D eigenvalue weighted by molar-refractivity contribution is 0.332. The third-order valence-corrected chi connectivity index (χ3v) is 9.48. The van der Waals surface area contributed by atoms with Crippen molar-refractivity contribution in [3.05, 3.63) is 120 Å². The second-order valence-corrected chi connectivity index (χ2v) is 12.8. The molecule has 0 heterocycles. The predicted molar refractivity (Wildman–Crippen MR) is 170 cm³/mol. The molecule has 1 aliphatic rings. The van der Waals surface area contributed by atoms with Gasteiger partial charge in [-0.2, -0.15) is 0 Å². The van der Waals surface area contributed by atoms with Gasteiger partial charge >= 0.3 is 0 Å². The molecular formula is C39H36. The topological polar surface area (TPSA) is 0 Å². The Balaban J connectivity index is 1.60. The molecule has 0 fully saturated rings. The van der Waals surface area contributed by atoms with Gasteiger partial charge in [0.05, 0.1) is 0 Å². The maximum atomic E-state index is 2.52. The predicted octanol–water partition coefficient (Wildman–Crippen LogP) is 11.1. The molecular weight excluding hydrogens is 468 g/mol. The van der Waals surface area contributed by atoms with Crippen LogP contribution >= 0.6 is 0 Å². The molecule has 192 valence electrons. The van der Waals surface area contributed by atoms with Crippen molar-refractivity contribution in [3.63, 3.8) is 0 Å². The fourth-order valence-corrected chi connectivity index (χ4v) is 7.14. The Morgan fingerprint density at radius 2 is 0.949 bits per heavy atom. The Hall–Kier alpha value is -3.90. The molecule has 0 N–H and O–H groups in total. The minimum absolute atomic E-state index is 0.174. The van der Waals surface area contributed by atoms with E-state index >= 15 is 0 Å². The minimum atomic E-state index is 0.174. The van der Waals surface area contributed by atoms with Crippen LogP contribution in [0.25, 0.3) is 54.6 Å². The van der Waals surface area contributed by atoms with Crippen LogP contribution in [0.2, 0.25) is 0 Å². The van der Waals surface area contributed by atoms with Crippen molar-refractivity contribution in [1.29, 1.82) is 0 Å². The van der Waals surface area contributed by atoms with E-state index in [9.17, 15) is 0 Å². The van der Waals surface area contributed by atoms with Gasteiger partial charge in [-0.25, -0.2) is 0 Å². The van der Waals surface area contributed by atoms with Crippen molar-refractivity contribution < 1.29 is 0 Å². The molecule has 7 rings (SSSR count). The van der Waals surface area contributed by atoms with Gasteiger partial charge in [0.25, 0.3) is 0 Å². The molecule has 0 nitrogen and oxygen atoms in total. The monoisotopic (exact) mass is 504 g/mol. The Labute approximate surface area is 232 Å². The highest BCUT2D eigenvalue weighted by Gasteiger charge is 2.37. The van der Waals surface area contributed by atoms with E-state index < -0.39 is 0 Å². The summed E-state index contributed by atoms with van der Waals surface area (Å²) in [6.07, 6.45) is 2.45. The maximum Gasteiger partial charge on any atom is -0.00201 e. The molecule has 6 aromatic rings. The molecule has 0 bridgehead atoms. The van der Waals surface area contributed by atoms with E-state index in [0.717, 1.165) is 0 Å². The minimum Gasteiger partial charge on any atom is -0.0616 e. The summed E-state index contributed by atoms with van der Waals surface area (Å²) in [6.45, 7) is 11.9. The first-order chi connectivity index (χ1) is 18.8. The first-order valence-electron chi connectivity index (χ1n) is 14.3. The number of hydrogen-bond acceptors (Lipinski definition) is 0. The molecule has 39 heavy (non-hydrogen) atoms. The summed E-state index contributed by atoms with van der Waals surface area (Å²) in [4.78, 5) is 0. The van der Waals surface area contributed by atoms with Gasteiger partial charge in [0.15, 0.2) is 0 Å². The molecule has 0 unspecified atom stereocenters. The van der Waals surface area contributed by atoms with E-state index in [1.165, 1.54) is 84.1 Å². The van der Waals surface area contributed by atoms with Gasteiger partial charge in [-0.15, -0.1) is 0 Å². The average molecular weight is 505 g/mol. The number of fused-ring (bicyclic) bond motifs is 4. The van der Waals surface area contributed by atoms with Crippen molar-refractivity contribution >= 4 is 32.3 Å². The van der Waals surface area contributed by atoms with Gasteiger partial charge in [0.2, 0.25) is 0 Å². The van der Waals surface area contributed by atoms with Crippen molar-refractivity contribution in [3.8, 4) is 22.3 Å². The summed E-state index contributed by atoms with van der Waals surface area (Å²) in [7, 11) is 0. The fourth-order valence-electron chi connectivity index (χ4n) is 7.14. The van der Waals surface area contributed by atoms with Crippen molar-refractivity contribution in [2.45, 2.75) is 58.3 Å². The van der Waals surface area contributed by atoms with Crippen LogP contribution in [-0.4, -0.2) is 0 Å². The molecule has 0 aliphatic heterocycles. The van der Waals surface area contributed by atoms with Crippen LogP contribution in [0.1, 0.15) is 57.2 Å². The number of hydrogen-bond donors (Lipinski definition) is 0. The van der Waals surface area contributed by atoms with Crippen molar-refractivity contribution in [1.82, 2.24) is 0 Å². The normalized spacial score (nSPS) is 16.0. The molecule has 1 aliphatic carbocycles. The highest BCUT2D eigenvalue weighted by atomic mass is 14.4. The van der Waals surface area contributed by atoms with Gasteiger partial charge in [0.1, 0.15) is 0 Å². The largest absolute Gasteiger partial charge is 0.0616 e. The molecule has 6 aromatic carbocycles. The molecule has 0 atom stereocenters. The first-order valence-corrected chi connectivity index (χ1v) is 14.3. The summed E-state index contributed by atoms with van der Waals surface area (Å²) in [5, 5.41) is 7.92. The van der Waals surface area contributed by atoms with Crippen molar-refractivity contribution in [2.24, 2.45) is 0 Å². The van der Waals surface area contributed by atoms with E-state index in [4.69, 9.17) is 0 Å². The molecule has 0 radical (unpaired) electrons. The zero-order valence-electron chi connectivity index (χ0n) is 23.7. The smallest absolute Gasteiger partial charge is 0.00201 e. The van der Waals surface area contributed by atoms with E-state index in [1.807, 2.05) is 0 Å². The second kappa shape index (κ2) is 8.55. The molecule has 0 amide bonds. The number of aryl methyl sites for hydroxylation is 1. The van der Waals surface area contributed by atoms with Crippen LogP contribution in [0.3, 0.4) is 0 Å². The van der Waals surface area contributed by atoms with Gasteiger partial charge in [-0.05, 0) is 102 Å². The molecule has 0 saturated heterocycles. The van der Waals surface area contributed by atoms with Crippen molar-refractivity contribution in [2.75, 3.05) is 0 Å². The summed E-state index contributed by atoms with van der Waals surface area (Å²) in [6, 6.07) is 38.9. The quantitative estimate of drug-likeness (QED) is 0.206.